The van der Waals surface area contributed by atoms with Crippen molar-refractivity contribution in [2.75, 3.05) is 18.9 Å². The summed E-state index contributed by atoms with van der Waals surface area (Å²) in [4.78, 5) is 8.81. The highest BCUT2D eigenvalue weighted by Crippen LogP contribution is 2.35. The zero-order valence-corrected chi connectivity index (χ0v) is 10.9. The molecule has 5 heteroatoms. The molecule has 0 fully saturated rings. The van der Waals surface area contributed by atoms with Gasteiger partial charge in [0.15, 0.2) is 11.5 Å². The van der Waals surface area contributed by atoms with E-state index in [1.54, 1.807) is 0 Å². The monoisotopic (exact) mass is 257 g/mol. The van der Waals surface area contributed by atoms with Gasteiger partial charge in [0.05, 0.1) is 11.4 Å². The summed E-state index contributed by atoms with van der Waals surface area (Å²) in [5.74, 6) is 1.91. The molecular weight excluding hydrogens is 242 g/mol. The molecular formula is C14H15N3O2. The van der Waals surface area contributed by atoms with Crippen LogP contribution in [-0.2, 0) is 0 Å². The summed E-state index contributed by atoms with van der Waals surface area (Å²) in [5.41, 5.74) is 9.24. The molecule has 1 aromatic carbocycles. The van der Waals surface area contributed by atoms with Crippen molar-refractivity contribution < 1.29 is 9.47 Å². The number of aryl methyl sites for hydroxylation is 2. The largest absolute Gasteiger partial charge is 0.486 e. The van der Waals surface area contributed by atoms with Crippen molar-refractivity contribution >= 4 is 5.82 Å². The summed E-state index contributed by atoms with van der Waals surface area (Å²) < 4.78 is 11.1. The molecule has 3 rings (SSSR count). The second-order valence-electron chi connectivity index (χ2n) is 4.49. The van der Waals surface area contributed by atoms with Gasteiger partial charge in [-0.15, -0.1) is 0 Å². The average molecular weight is 257 g/mol. The van der Waals surface area contributed by atoms with E-state index in [1.807, 2.05) is 32.0 Å². The zero-order valence-electron chi connectivity index (χ0n) is 10.9. The highest BCUT2D eigenvalue weighted by Gasteiger charge is 2.15. The molecule has 0 unspecified atom stereocenters. The smallest absolute Gasteiger partial charge is 0.162 e. The van der Waals surface area contributed by atoms with Crippen LogP contribution in [0.25, 0.3) is 11.3 Å². The maximum atomic E-state index is 5.95. The molecule has 2 aromatic rings. The Morgan fingerprint density at radius 1 is 1.00 bits per heavy atom. The van der Waals surface area contributed by atoms with Gasteiger partial charge in [0.25, 0.3) is 0 Å². The van der Waals surface area contributed by atoms with E-state index in [0.717, 1.165) is 28.5 Å². The van der Waals surface area contributed by atoms with Gasteiger partial charge in [-0.25, -0.2) is 9.97 Å². The zero-order chi connectivity index (χ0) is 13.4. The van der Waals surface area contributed by atoms with Gasteiger partial charge in [0.1, 0.15) is 24.7 Å². The summed E-state index contributed by atoms with van der Waals surface area (Å²) in [6, 6.07) is 5.69. The van der Waals surface area contributed by atoms with Crippen LogP contribution in [-0.4, -0.2) is 23.2 Å². The second-order valence-corrected chi connectivity index (χ2v) is 4.49. The first kappa shape index (κ1) is 11.8. The molecule has 0 aliphatic carbocycles. The van der Waals surface area contributed by atoms with Crippen LogP contribution >= 0.6 is 0 Å². The first-order valence-corrected chi connectivity index (χ1v) is 6.16. The number of nitrogen functional groups attached to an aromatic ring is 1. The van der Waals surface area contributed by atoms with Gasteiger partial charge in [-0.2, -0.15) is 0 Å². The number of hydrogen-bond donors (Lipinski definition) is 1. The van der Waals surface area contributed by atoms with E-state index in [9.17, 15) is 0 Å². The van der Waals surface area contributed by atoms with E-state index in [0.29, 0.717) is 24.7 Å². The standard InChI is InChI=1S/C14H15N3O2/c1-8-9(2)17-14(15)13(16-8)10-3-4-11-12(7-10)19-6-5-18-11/h3-4,7H,5-6H2,1-2H3,(H2,15,17). The van der Waals surface area contributed by atoms with Crippen molar-refractivity contribution in [2.45, 2.75) is 13.8 Å². The van der Waals surface area contributed by atoms with E-state index < -0.39 is 0 Å². The van der Waals surface area contributed by atoms with E-state index in [-0.39, 0.29) is 0 Å². The molecule has 0 atom stereocenters. The van der Waals surface area contributed by atoms with Crippen molar-refractivity contribution in [1.29, 1.82) is 0 Å². The molecule has 0 spiro atoms. The van der Waals surface area contributed by atoms with Crippen LogP contribution in [0.3, 0.4) is 0 Å². The van der Waals surface area contributed by atoms with Gasteiger partial charge in [0.2, 0.25) is 0 Å². The number of anilines is 1. The number of benzene rings is 1. The van der Waals surface area contributed by atoms with Gasteiger partial charge in [0, 0.05) is 5.56 Å². The number of hydrogen-bond acceptors (Lipinski definition) is 5. The predicted octanol–water partition coefficient (Wildman–Crippen LogP) is 2.11. The first-order valence-electron chi connectivity index (χ1n) is 6.16. The predicted molar refractivity (Wildman–Crippen MR) is 72.3 cm³/mol. The third-order valence-corrected chi connectivity index (χ3v) is 3.15. The molecule has 2 N–H and O–H groups in total. The summed E-state index contributed by atoms with van der Waals surface area (Å²) in [7, 11) is 0. The van der Waals surface area contributed by atoms with Crippen LogP contribution in [0.15, 0.2) is 18.2 Å². The topological polar surface area (TPSA) is 70.3 Å². The van der Waals surface area contributed by atoms with Crippen LogP contribution in [0.5, 0.6) is 11.5 Å². The third-order valence-electron chi connectivity index (χ3n) is 3.15. The molecule has 5 nitrogen and oxygen atoms in total. The molecule has 19 heavy (non-hydrogen) atoms. The van der Waals surface area contributed by atoms with E-state index in [2.05, 4.69) is 9.97 Å². The molecule has 98 valence electrons. The Kier molecular flexibility index (Phi) is 2.74. The van der Waals surface area contributed by atoms with Gasteiger partial charge in [-0.3, -0.25) is 0 Å². The molecule has 0 saturated carbocycles. The van der Waals surface area contributed by atoms with Crippen molar-refractivity contribution in [3.8, 4) is 22.8 Å². The lowest BCUT2D eigenvalue weighted by atomic mass is 10.1. The average Bonchev–Trinajstić information content (AvgIpc) is 2.42. The molecule has 0 radical (unpaired) electrons. The lowest BCUT2D eigenvalue weighted by Crippen LogP contribution is -2.15. The van der Waals surface area contributed by atoms with Gasteiger partial charge >= 0.3 is 0 Å². The Balaban J connectivity index is 2.09. The van der Waals surface area contributed by atoms with E-state index in [4.69, 9.17) is 15.2 Å². The third kappa shape index (κ3) is 2.07. The maximum absolute atomic E-state index is 5.95. The number of fused-ring (bicyclic) bond motifs is 1. The Labute approximate surface area is 111 Å². The fourth-order valence-electron chi connectivity index (χ4n) is 2.02. The summed E-state index contributed by atoms with van der Waals surface area (Å²) in [6.07, 6.45) is 0. The SMILES string of the molecule is Cc1nc(N)c(-c2ccc3c(c2)OCCO3)nc1C. The molecule has 1 aliphatic heterocycles. The van der Waals surface area contributed by atoms with Crippen LogP contribution in [0, 0.1) is 13.8 Å². The molecule has 1 aliphatic rings. The molecule has 0 saturated heterocycles. The first-order chi connectivity index (χ1) is 9.15. The second kappa shape index (κ2) is 4.42. The minimum atomic E-state index is 0.430. The number of ether oxygens (including phenoxy) is 2. The number of nitrogens with zero attached hydrogens (tertiary/aromatic N) is 2. The summed E-state index contributed by atoms with van der Waals surface area (Å²) in [6.45, 7) is 4.96. The maximum Gasteiger partial charge on any atom is 0.162 e. The Morgan fingerprint density at radius 2 is 1.68 bits per heavy atom. The van der Waals surface area contributed by atoms with Gasteiger partial charge in [-0.1, -0.05) is 0 Å². The lowest BCUT2D eigenvalue weighted by Gasteiger charge is -2.19. The van der Waals surface area contributed by atoms with Gasteiger partial charge in [-0.05, 0) is 32.0 Å². The lowest BCUT2D eigenvalue weighted by molar-refractivity contribution is 0.171. The minimum absolute atomic E-state index is 0.430. The fraction of sp³-hybridized carbons (Fsp3) is 0.286. The quantitative estimate of drug-likeness (QED) is 0.847. The van der Waals surface area contributed by atoms with Crippen molar-refractivity contribution in [3.63, 3.8) is 0 Å². The van der Waals surface area contributed by atoms with Crippen LogP contribution in [0.1, 0.15) is 11.4 Å². The highest BCUT2D eigenvalue weighted by molar-refractivity contribution is 5.72. The molecule has 0 bridgehead atoms. The number of rotatable bonds is 1. The van der Waals surface area contributed by atoms with Crippen molar-refractivity contribution in [3.05, 3.63) is 29.6 Å². The van der Waals surface area contributed by atoms with E-state index in [1.165, 1.54) is 0 Å². The summed E-state index contributed by atoms with van der Waals surface area (Å²) >= 11 is 0. The Morgan fingerprint density at radius 3 is 2.47 bits per heavy atom. The summed E-state index contributed by atoms with van der Waals surface area (Å²) in [5, 5.41) is 0. The van der Waals surface area contributed by atoms with Crippen LogP contribution in [0.4, 0.5) is 5.82 Å². The molecule has 1 aromatic heterocycles. The van der Waals surface area contributed by atoms with Crippen molar-refractivity contribution in [1.82, 2.24) is 9.97 Å². The Hall–Kier alpha value is -2.30. The highest BCUT2D eigenvalue weighted by atomic mass is 16.6. The minimum Gasteiger partial charge on any atom is -0.486 e. The molecule has 2 heterocycles. The normalized spacial score (nSPS) is 13.4. The Bertz CT molecular complexity index is 641. The van der Waals surface area contributed by atoms with Gasteiger partial charge < -0.3 is 15.2 Å². The number of aromatic nitrogens is 2. The number of nitrogens with two attached hydrogens (primary N) is 1. The molecule has 0 amide bonds. The van der Waals surface area contributed by atoms with E-state index >= 15 is 0 Å². The van der Waals surface area contributed by atoms with Crippen molar-refractivity contribution in [2.24, 2.45) is 0 Å². The fourth-order valence-corrected chi connectivity index (χ4v) is 2.02. The van der Waals surface area contributed by atoms with Crippen LogP contribution < -0.4 is 15.2 Å². The van der Waals surface area contributed by atoms with Crippen LogP contribution in [0.2, 0.25) is 0 Å².